The summed E-state index contributed by atoms with van der Waals surface area (Å²) >= 11 is 2.90. The lowest BCUT2D eigenvalue weighted by molar-refractivity contribution is -0.386. The van der Waals surface area contributed by atoms with Crippen molar-refractivity contribution in [1.82, 2.24) is 0 Å². The van der Waals surface area contributed by atoms with Crippen molar-refractivity contribution in [2.45, 2.75) is 0 Å². The number of nitro groups is 1. The predicted molar refractivity (Wildman–Crippen MR) is 57.7 cm³/mol. The van der Waals surface area contributed by atoms with E-state index in [-0.39, 0.29) is 16.6 Å². The predicted octanol–water partition coefficient (Wildman–Crippen LogP) is 2.32. The van der Waals surface area contributed by atoms with Gasteiger partial charge in [0, 0.05) is 0 Å². The summed E-state index contributed by atoms with van der Waals surface area (Å²) in [5.74, 6) is -1.56. The largest absolute Gasteiger partial charge is 0.490 e. The average Bonchev–Trinajstić information content (AvgIpc) is 2.26. The molecular formula is C9H7BrFNO4. The molecule has 1 aromatic rings. The van der Waals surface area contributed by atoms with Crippen molar-refractivity contribution in [3.63, 3.8) is 0 Å². The van der Waals surface area contributed by atoms with Crippen LogP contribution in [0.5, 0.6) is 5.75 Å². The van der Waals surface area contributed by atoms with Crippen LogP contribution in [0.2, 0.25) is 0 Å². The molecule has 0 aromatic heterocycles. The number of hydrogen-bond acceptors (Lipinski definition) is 4. The van der Waals surface area contributed by atoms with E-state index in [1.807, 2.05) is 0 Å². The van der Waals surface area contributed by atoms with Gasteiger partial charge in [-0.25, -0.2) is 4.39 Å². The van der Waals surface area contributed by atoms with E-state index >= 15 is 0 Å². The van der Waals surface area contributed by atoms with Gasteiger partial charge in [0.2, 0.25) is 5.75 Å². The van der Waals surface area contributed by atoms with Crippen molar-refractivity contribution >= 4 is 27.4 Å². The summed E-state index contributed by atoms with van der Waals surface area (Å²) in [6.07, 6.45) is 0. The molecule has 0 N–H and O–H groups in total. The Hall–Kier alpha value is -1.50. The van der Waals surface area contributed by atoms with Crippen LogP contribution in [-0.4, -0.2) is 23.1 Å². The second-order valence-electron chi connectivity index (χ2n) is 2.82. The van der Waals surface area contributed by atoms with Gasteiger partial charge in [-0.15, -0.1) is 0 Å². The number of hydrogen-bond donors (Lipinski definition) is 0. The molecule has 0 saturated carbocycles. The van der Waals surface area contributed by atoms with Gasteiger partial charge in [-0.2, -0.15) is 0 Å². The second kappa shape index (κ2) is 5.02. The number of methoxy groups -OCH3 is 1. The zero-order valence-corrected chi connectivity index (χ0v) is 9.78. The highest BCUT2D eigenvalue weighted by Gasteiger charge is 2.24. The van der Waals surface area contributed by atoms with E-state index in [9.17, 15) is 19.3 Å². The van der Waals surface area contributed by atoms with Crippen LogP contribution in [0.1, 0.15) is 10.4 Å². The van der Waals surface area contributed by atoms with Crippen molar-refractivity contribution in [3.05, 3.63) is 33.6 Å². The third kappa shape index (κ3) is 2.35. The highest BCUT2D eigenvalue weighted by Crippen LogP contribution is 2.32. The first kappa shape index (κ1) is 12.6. The van der Waals surface area contributed by atoms with Crippen molar-refractivity contribution in [2.75, 3.05) is 12.4 Å². The van der Waals surface area contributed by atoms with E-state index in [0.29, 0.717) is 6.07 Å². The average molecular weight is 292 g/mol. The minimum Gasteiger partial charge on any atom is -0.490 e. The number of Topliss-reactive ketones (excluding diaryl/α,β-unsaturated/α-hetero) is 1. The molecule has 0 amide bonds. The van der Waals surface area contributed by atoms with Crippen molar-refractivity contribution < 1.29 is 18.8 Å². The van der Waals surface area contributed by atoms with Crippen LogP contribution in [0.3, 0.4) is 0 Å². The molecule has 0 saturated heterocycles. The van der Waals surface area contributed by atoms with Crippen LogP contribution in [0.15, 0.2) is 12.1 Å². The van der Waals surface area contributed by atoms with Crippen LogP contribution in [0.25, 0.3) is 0 Å². The Labute approximate surface area is 98.5 Å². The maximum absolute atomic E-state index is 13.1. The summed E-state index contributed by atoms with van der Waals surface area (Å²) in [7, 11) is 1.19. The van der Waals surface area contributed by atoms with Crippen molar-refractivity contribution in [3.8, 4) is 5.75 Å². The quantitative estimate of drug-likeness (QED) is 0.369. The first-order chi connectivity index (χ1) is 7.51. The summed E-state index contributed by atoms with van der Waals surface area (Å²) in [6, 6.07) is 1.62. The molecule has 0 aliphatic carbocycles. The Kier molecular flexibility index (Phi) is 3.94. The van der Waals surface area contributed by atoms with E-state index in [4.69, 9.17) is 4.74 Å². The van der Waals surface area contributed by atoms with Gasteiger partial charge in [-0.1, -0.05) is 15.9 Å². The standard InChI is InChI=1S/C9H7BrFNO4/c1-16-9-6(8(13)4-10)2-5(11)3-7(9)12(14)15/h2-3H,4H2,1H3. The Balaban J connectivity index is 3.48. The molecule has 0 aliphatic rings. The van der Waals surface area contributed by atoms with Gasteiger partial charge in [0.05, 0.1) is 29.0 Å². The van der Waals surface area contributed by atoms with Gasteiger partial charge in [0.1, 0.15) is 5.82 Å². The lowest BCUT2D eigenvalue weighted by atomic mass is 10.1. The Morgan fingerprint density at radius 3 is 2.69 bits per heavy atom. The molecule has 1 rings (SSSR count). The lowest BCUT2D eigenvalue weighted by Crippen LogP contribution is -2.06. The SMILES string of the molecule is COc1c(C(=O)CBr)cc(F)cc1[N+](=O)[O-]. The van der Waals surface area contributed by atoms with Gasteiger partial charge in [-0.3, -0.25) is 14.9 Å². The minimum atomic E-state index is -0.850. The van der Waals surface area contributed by atoms with Crippen LogP contribution in [-0.2, 0) is 0 Å². The first-order valence-corrected chi connectivity index (χ1v) is 5.24. The van der Waals surface area contributed by atoms with Crippen LogP contribution in [0, 0.1) is 15.9 Å². The summed E-state index contributed by atoms with van der Waals surface area (Å²) < 4.78 is 17.8. The second-order valence-corrected chi connectivity index (χ2v) is 3.38. The molecule has 0 fully saturated rings. The summed E-state index contributed by atoms with van der Waals surface area (Å²) in [5.41, 5.74) is -0.710. The fourth-order valence-electron chi connectivity index (χ4n) is 1.21. The zero-order chi connectivity index (χ0) is 12.3. The topological polar surface area (TPSA) is 69.4 Å². The maximum atomic E-state index is 13.1. The van der Waals surface area contributed by atoms with Crippen molar-refractivity contribution in [2.24, 2.45) is 0 Å². The molecule has 16 heavy (non-hydrogen) atoms. The van der Waals surface area contributed by atoms with Crippen molar-refractivity contribution in [1.29, 1.82) is 0 Å². The minimum absolute atomic E-state index is 0.0655. The van der Waals surface area contributed by atoms with E-state index in [2.05, 4.69) is 15.9 Å². The van der Waals surface area contributed by atoms with Gasteiger partial charge >= 0.3 is 5.69 Å². The number of ketones is 1. The van der Waals surface area contributed by atoms with E-state index in [0.717, 1.165) is 6.07 Å². The highest BCUT2D eigenvalue weighted by atomic mass is 79.9. The number of halogens is 2. The summed E-state index contributed by atoms with van der Waals surface area (Å²) in [5, 5.41) is 10.6. The number of carbonyl (C=O) groups is 1. The van der Waals surface area contributed by atoms with Gasteiger partial charge < -0.3 is 4.74 Å². The number of rotatable bonds is 4. The molecule has 0 heterocycles. The number of benzene rings is 1. The lowest BCUT2D eigenvalue weighted by Gasteiger charge is -2.06. The zero-order valence-electron chi connectivity index (χ0n) is 8.20. The maximum Gasteiger partial charge on any atom is 0.314 e. The molecule has 0 spiro atoms. The third-order valence-corrected chi connectivity index (χ3v) is 2.37. The van der Waals surface area contributed by atoms with E-state index < -0.39 is 22.2 Å². The molecule has 0 aliphatic heterocycles. The molecule has 0 unspecified atom stereocenters. The molecule has 0 radical (unpaired) electrons. The molecule has 0 atom stereocenters. The number of alkyl halides is 1. The van der Waals surface area contributed by atoms with E-state index in [1.165, 1.54) is 7.11 Å². The monoisotopic (exact) mass is 291 g/mol. The number of nitrogens with zero attached hydrogens (tertiary/aromatic N) is 1. The van der Waals surface area contributed by atoms with E-state index in [1.54, 1.807) is 0 Å². The number of carbonyl (C=O) groups excluding carboxylic acids is 1. The molecule has 0 bridgehead atoms. The first-order valence-electron chi connectivity index (χ1n) is 4.12. The Morgan fingerprint density at radius 2 is 2.25 bits per heavy atom. The fraction of sp³-hybridized carbons (Fsp3) is 0.222. The molecule has 1 aromatic carbocycles. The molecule has 86 valence electrons. The highest BCUT2D eigenvalue weighted by molar-refractivity contribution is 9.09. The Bertz CT molecular complexity index is 449. The molecule has 5 nitrogen and oxygen atoms in total. The molecule has 7 heteroatoms. The summed E-state index contributed by atoms with van der Waals surface area (Å²) in [6.45, 7) is 0. The number of ether oxygens (including phenoxy) is 1. The normalized spacial score (nSPS) is 9.94. The summed E-state index contributed by atoms with van der Waals surface area (Å²) in [4.78, 5) is 21.2. The fourth-order valence-corrected chi connectivity index (χ4v) is 1.51. The van der Waals surface area contributed by atoms with Gasteiger partial charge in [-0.05, 0) is 6.07 Å². The Morgan fingerprint density at radius 1 is 1.62 bits per heavy atom. The third-order valence-electron chi connectivity index (χ3n) is 1.86. The van der Waals surface area contributed by atoms with Crippen LogP contribution < -0.4 is 4.74 Å². The smallest absolute Gasteiger partial charge is 0.314 e. The number of nitro benzene ring substituents is 1. The van der Waals surface area contributed by atoms with Gasteiger partial charge in [0.25, 0.3) is 0 Å². The van der Waals surface area contributed by atoms with Gasteiger partial charge in [0.15, 0.2) is 5.78 Å². The van der Waals surface area contributed by atoms with Crippen LogP contribution in [0.4, 0.5) is 10.1 Å². The molecular weight excluding hydrogens is 285 g/mol. The van der Waals surface area contributed by atoms with Crippen LogP contribution >= 0.6 is 15.9 Å².